The molecule has 4 unspecified atom stereocenters. The van der Waals surface area contributed by atoms with Crippen molar-refractivity contribution in [1.29, 1.82) is 0 Å². The highest BCUT2D eigenvalue weighted by atomic mass is 16.6. The van der Waals surface area contributed by atoms with E-state index in [0.717, 1.165) is 0 Å². The predicted molar refractivity (Wildman–Crippen MR) is 38.2 cm³/mol. The number of rotatable bonds is 2. The van der Waals surface area contributed by atoms with Gasteiger partial charge < -0.3 is 19.7 Å². The second-order valence-corrected chi connectivity index (χ2v) is 2.80. The topological polar surface area (TPSA) is 58.9 Å². The van der Waals surface area contributed by atoms with Crippen LogP contribution in [0.3, 0.4) is 0 Å². The summed E-state index contributed by atoms with van der Waals surface area (Å²) in [7, 11) is 1.52. The molecule has 0 radical (unpaired) electrons. The minimum Gasteiger partial charge on any atom is -0.391 e. The average molecular weight is 162 g/mol. The van der Waals surface area contributed by atoms with Crippen molar-refractivity contribution in [2.24, 2.45) is 0 Å². The third-order valence-corrected chi connectivity index (χ3v) is 1.95. The van der Waals surface area contributed by atoms with Gasteiger partial charge in [-0.2, -0.15) is 0 Å². The number of hydrogen-bond acceptors (Lipinski definition) is 4. The van der Waals surface area contributed by atoms with Gasteiger partial charge in [0.05, 0.1) is 12.7 Å². The Morgan fingerprint density at radius 1 is 1.64 bits per heavy atom. The van der Waals surface area contributed by atoms with Crippen LogP contribution in [0.4, 0.5) is 0 Å². The van der Waals surface area contributed by atoms with Crippen molar-refractivity contribution in [2.45, 2.75) is 31.3 Å². The molecule has 0 aliphatic carbocycles. The molecule has 0 amide bonds. The van der Waals surface area contributed by atoms with Gasteiger partial charge in [0, 0.05) is 7.11 Å². The molecule has 0 bridgehead atoms. The smallest absolute Gasteiger partial charge is 0.112 e. The van der Waals surface area contributed by atoms with Gasteiger partial charge in [-0.3, -0.25) is 0 Å². The summed E-state index contributed by atoms with van der Waals surface area (Å²) >= 11 is 0. The van der Waals surface area contributed by atoms with E-state index in [-0.39, 0.29) is 6.10 Å². The van der Waals surface area contributed by atoms with E-state index in [9.17, 15) is 5.11 Å². The Balaban J connectivity index is 2.48. The van der Waals surface area contributed by atoms with Gasteiger partial charge in [-0.1, -0.05) is 0 Å². The fourth-order valence-electron chi connectivity index (χ4n) is 1.25. The van der Waals surface area contributed by atoms with E-state index in [1.54, 1.807) is 6.92 Å². The van der Waals surface area contributed by atoms with Crippen LogP contribution in [0.15, 0.2) is 0 Å². The van der Waals surface area contributed by atoms with Crippen molar-refractivity contribution < 1.29 is 19.7 Å². The normalized spacial score (nSPS) is 40.9. The zero-order valence-electron chi connectivity index (χ0n) is 6.73. The lowest BCUT2D eigenvalue weighted by Gasteiger charge is -2.18. The van der Waals surface area contributed by atoms with Crippen molar-refractivity contribution in [2.75, 3.05) is 13.7 Å². The molecule has 1 aliphatic rings. The van der Waals surface area contributed by atoms with E-state index >= 15 is 0 Å². The Kier molecular flexibility index (Phi) is 2.84. The maximum atomic E-state index is 9.41. The van der Waals surface area contributed by atoms with Gasteiger partial charge in [-0.25, -0.2) is 0 Å². The van der Waals surface area contributed by atoms with Crippen LogP contribution in [0.2, 0.25) is 0 Å². The van der Waals surface area contributed by atoms with Crippen LogP contribution in [0.25, 0.3) is 0 Å². The number of hydrogen-bond donors (Lipinski definition) is 2. The maximum absolute atomic E-state index is 9.41. The SMILES string of the molecule is COC1COC(C(C)O)C1O. The largest absolute Gasteiger partial charge is 0.391 e. The molecule has 0 aromatic rings. The molecule has 1 heterocycles. The monoisotopic (exact) mass is 162 g/mol. The molecule has 1 aliphatic heterocycles. The Labute approximate surface area is 65.7 Å². The molecule has 4 atom stereocenters. The number of aliphatic hydroxyl groups excluding tert-OH is 2. The van der Waals surface area contributed by atoms with Gasteiger partial charge in [-0.05, 0) is 6.92 Å². The van der Waals surface area contributed by atoms with Crippen molar-refractivity contribution in [1.82, 2.24) is 0 Å². The maximum Gasteiger partial charge on any atom is 0.112 e. The third-order valence-electron chi connectivity index (χ3n) is 1.95. The first-order valence-electron chi connectivity index (χ1n) is 3.67. The van der Waals surface area contributed by atoms with E-state index < -0.39 is 18.3 Å². The van der Waals surface area contributed by atoms with Gasteiger partial charge in [0.25, 0.3) is 0 Å². The highest BCUT2D eigenvalue weighted by molar-refractivity contribution is 4.86. The van der Waals surface area contributed by atoms with Crippen molar-refractivity contribution in [3.05, 3.63) is 0 Å². The van der Waals surface area contributed by atoms with Gasteiger partial charge >= 0.3 is 0 Å². The predicted octanol–water partition coefficient (Wildman–Crippen LogP) is -0.858. The average Bonchev–Trinajstić information content (AvgIpc) is 2.30. The van der Waals surface area contributed by atoms with Gasteiger partial charge in [-0.15, -0.1) is 0 Å². The first-order chi connectivity index (χ1) is 5.16. The molecule has 1 fully saturated rings. The molecule has 0 aromatic heterocycles. The molecule has 66 valence electrons. The minimum absolute atomic E-state index is 0.297. The highest BCUT2D eigenvalue weighted by Gasteiger charge is 2.38. The highest BCUT2D eigenvalue weighted by Crippen LogP contribution is 2.19. The summed E-state index contributed by atoms with van der Waals surface area (Å²) in [6, 6.07) is 0. The first kappa shape index (κ1) is 8.93. The first-order valence-corrected chi connectivity index (χ1v) is 3.67. The fraction of sp³-hybridized carbons (Fsp3) is 1.00. The number of aliphatic hydroxyl groups is 2. The molecule has 1 saturated heterocycles. The number of ether oxygens (including phenoxy) is 2. The Hall–Kier alpha value is -0.160. The molecule has 0 saturated carbocycles. The second kappa shape index (κ2) is 3.49. The van der Waals surface area contributed by atoms with Crippen LogP contribution in [-0.2, 0) is 9.47 Å². The van der Waals surface area contributed by atoms with E-state index in [0.29, 0.717) is 6.61 Å². The molecule has 0 aromatic carbocycles. The molecule has 4 heteroatoms. The molecule has 4 nitrogen and oxygen atoms in total. The summed E-state index contributed by atoms with van der Waals surface area (Å²) in [5.41, 5.74) is 0. The van der Waals surface area contributed by atoms with Crippen LogP contribution < -0.4 is 0 Å². The van der Waals surface area contributed by atoms with E-state index in [4.69, 9.17) is 14.6 Å². The molecular weight excluding hydrogens is 148 g/mol. The van der Waals surface area contributed by atoms with Crippen LogP contribution in [-0.4, -0.2) is 48.3 Å². The lowest BCUT2D eigenvalue weighted by Crippen LogP contribution is -2.37. The van der Waals surface area contributed by atoms with Gasteiger partial charge in [0.15, 0.2) is 0 Å². The van der Waals surface area contributed by atoms with Crippen LogP contribution in [0.5, 0.6) is 0 Å². The summed E-state index contributed by atoms with van der Waals surface area (Å²) in [6.45, 7) is 1.94. The molecule has 1 rings (SSSR count). The zero-order chi connectivity index (χ0) is 8.43. The quantitative estimate of drug-likeness (QED) is 0.555. The fourth-order valence-corrected chi connectivity index (χ4v) is 1.25. The van der Waals surface area contributed by atoms with E-state index in [1.807, 2.05) is 0 Å². The molecular formula is C7H14O4. The third kappa shape index (κ3) is 1.70. The van der Waals surface area contributed by atoms with Crippen molar-refractivity contribution in [3.63, 3.8) is 0 Å². The number of methoxy groups -OCH3 is 1. The molecule has 11 heavy (non-hydrogen) atoms. The van der Waals surface area contributed by atoms with E-state index in [1.165, 1.54) is 7.11 Å². The Bertz CT molecular complexity index is 126. The Morgan fingerprint density at radius 2 is 2.27 bits per heavy atom. The van der Waals surface area contributed by atoms with Crippen molar-refractivity contribution in [3.8, 4) is 0 Å². The van der Waals surface area contributed by atoms with E-state index in [2.05, 4.69) is 0 Å². The van der Waals surface area contributed by atoms with Gasteiger partial charge in [0.2, 0.25) is 0 Å². The van der Waals surface area contributed by atoms with Gasteiger partial charge in [0.1, 0.15) is 18.3 Å². The lowest BCUT2D eigenvalue weighted by atomic mass is 10.1. The zero-order valence-corrected chi connectivity index (χ0v) is 6.73. The molecule has 2 N–H and O–H groups in total. The van der Waals surface area contributed by atoms with Crippen LogP contribution in [0, 0.1) is 0 Å². The summed E-state index contributed by atoms with van der Waals surface area (Å²) in [5.74, 6) is 0. The van der Waals surface area contributed by atoms with Crippen molar-refractivity contribution >= 4 is 0 Å². The summed E-state index contributed by atoms with van der Waals surface area (Å²) in [4.78, 5) is 0. The summed E-state index contributed by atoms with van der Waals surface area (Å²) in [6.07, 6.45) is -2.15. The Morgan fingerprint density at radius 3 is 2.55 bits per heavy atom. The van der Waals surface area contributed by atoms with Crippen LogP contribution in [0.1, 0.15) is 6.92 Å². The standard InChI is InChI=1S/C7H14O4/c1-4(8)7-6(9)5(10-2)3-11-7/h4-9H,3H2,1-2H3. The minimum atomic E-state index is -0.708. The van der Waals surface area contributed by atoms with Crippen LogP contribution >= 0.6 is 0 Å². The summed E-state index contributed by atoms with van der Waals surface area (Å²) in [5, 5.41) is 18.5. The lowest BCUT2D eigenvalue weighted by molar-refractivity contribution is -0.0462. The summed E-state index contributed by atoms with van der Waals surface area (Å²) < 4.78 is 10.0. The second-order valence-electron chi connectivity index (χ2n) is 2.80. The molecule has 0 spiro atoms.